The van der Waals surface area contributed by atoms with E-state index in [1.807, 2.05) is 26.0 Å². The number of hydrogen-bond donors (Lipinski definition) is 2. The van der Waals surface area contributed by atoms with Gasteiger partial charge in [0.05, 0.1) is 23.7 Å². The Labute approximate surface area is 159 Å². The van der Waals surface area contributed by atoms with Gasteiger partial charge in [-0.1, -0.05) is 30.3 Å². The molecule has 1 aliphatic rings. The normalized spacial score (nSPS) is 16.5. The van der Waals surface area contributed by atoms with E-state index in [0.717, 1.165) is 29.2 Å². The van der Waals surface area contributed by atoms with Gasteiger partial charge in [-0.25, -0.2) is 0 Å². The van der Waals surface area contributed by atoms with Crippen molar-refractivity contribution in [2.45, 2.75) is 32.9 Å². The molecule has 1 atom stereocenters. The van der Waals surface area contributed by atoms with Crippen LogP contribution in [0.25, 0.3) is 22.2 Å². The molecular weight excluding hydrogens is 338 g/mol. The Balaban J connectivity index is 1.86. The van der Waals surface area contributed by atoms with Gasteiger partial charge in [0.15, 0.2) is 0 Å². The molecule has 140 valence electrons. The van der Waals surface area contributed by atoms with Crippen LogP contribution in [0.4, 0.5) is 11.4 Å². The highest BCUT2D eigenvalue weighted by Crippen LogP contribution is 2.39. The van der Waals surface area contributed by atoms with Crippen molar-refractivity contribution in [1.29, 1.82) is 0 Å². The van der Waals surface area contributed by atoms with Gasteiger partial charge in [-0.15, -0.1) is 0 Å². The van der Waals surface area contributed by atoms with Crippen LogP contribution in [0.3, 0.4) is 0 Å². The number of carbonyl (C=O) groups excluding carboxylic acids is 1. The summed E-state index contributed by atoms with van der Waals surface area (Å²) in [6.07, 6.45) is 0.460. The van der Waals surface area contributed by atoms with Crippen molar-refractivity contribution < 1.29 is 9.53 Å². The molecule has 2 aromatic carbocycles. The Morgan fingerprint density at radius 1 is 1.19 bits per heavy atom. The van der Waals surface area contributed by atoms with Crippen LogP contribution in [-0.2, 0) is 16.1 Å². The quantitative estimate of drug-likeness (QED) is 0.657. The highest BCUT2D eigenvalue weighted by atomic mass is 16.5. The molecule has 0 saturated heterocycles. The minimum absolute atomic E-state index is 0.0442. The Bertz CT molecular complexity index is 977. The molecule has 0 spiro atoms. The number of nitrogens with zero attached hydrogens (tertiary/aromatic N) is 1. The minimum Gasteiger partial charge on any atom is -0.380 e. The van der Waals surface area contributed by atoms with Gasteiger partial charge in [0.1, 0.15) is 0 Å². The zero-order valence-corrected chi connectivity index (χ0v) is 15.8. The molecule has 1 aromatic heterocycles. The molecule has 0 saturated carbocycles. The van der Waals surface area contributed by atoms with Gasteiger partial charge < -0.3 is 19.9 Å². The summed E-state index contributed by atoms with van der Waals surface area (Å²) < 4.78 is 7.92. The van der Waals surface area contributed by atoms with Crippen molar-refractivity contribution in [2.24, 2.45) is 0 Å². The monoisotopic (exact) mass is 363 g/mol. The Hall–Kier alpha value is -2.79. The topological polar surface area (TPSA) is 55.3 Å². The molecule has 27 heavy (non-hydrogen) atoms. The Morgan fingerprint density at radius 3 is 2.89 bits per heavy atom. The van der Waals surface area contributed by atoms with E-state index in [9.17, 15) is 4.79 Å². The highest BCUT2D eigenvalue weighted by Gasteiger charge is 2.22. The van der Waals surface area contributed by atoms with Crippen LogP contribution >= 0.6 is 0 Å². The van der Waals surface area contributed by atoms with E-state index in [4.69, 9.17) is 4.74 Å². The van der Waals surface area contributed by atoms with E-state index in [1.54, 1.807) is 0 Å². The summed E-state index contributed by atoms with van der Waals surface area (Å²) >= 11 is 0. The van der Waals surface area contributed by atoms with E-state index in [0.29, 0.717) is 19.6 Å². The summed E-state index contributed by atoms with van der Waals surface area (Å²) in [5.74, 6) is 0.0442. The number of ether oxygens (including phenoxy) is 1. The van der Waals surface area contributed by atoms with Crippen LogP contribution in [-0.4, -0.2) is 29.7 Å². The molecule has 0 bridgehead atoms. The van der Waals surface area contributed by atoms with Crippen molar-refractivity contribution in [1.82, 2.24) is 4.57 Å². The van der Waals surface area contributed by atoms with Crippen LogP contribution in [0.2, 0.25) is 0 Å². The fourth-order valence-corrected chi connectivity index (χ4v) is 3.78. The highest BCUT2D eigenvalue weighted by molar-refractivity contribution is 6.01. The number of aromatic nitrogens is 1. The summed E-state index contributed by atoms with van der Waals surface area (Å²) in [5, 5.41) is 7.77. The lowest BCUT2D eigenvalue weighted by Gasteiger charge is -2.18. The van der Waals surface area contributed by atoms with Crippen molar-refractivity contribution >= 4 is 28.2 Å². The first kappa shape index (κ1) is 17.6. The zero-order valence-electron chi connectivity index (χ0n) is 15.8. The van der Waals surface area contributed by atoms with Gasteiger partial charge in [-0.05, 0) is 32.0 Å². The molecule has 1 aliphatic heterocycles. The molecule has 0 aliphatic carbocycles. The maximum absolute atomic E-state index is 12.1. The zero-order chi connectivity index (χ0) is 18.8. The van der Waals surface area contributed by atoms with Crippen molar-refractivity contribution in [3.05, 3.63) is 48.5 Å². The summed E-state index contributed by atoms with van der Waals surface area (Å²) in [7, 11) is 0. The summed E-state index contributed by atoms with van der Waals surface area (Å²) in [4.78, 5) is 12.1. The molecule has 5 nitrogen and oxygen atoms in total. The fourth-order valence-electron chi connectivity index (χ4n) is 3.78. The third-order valence-corrected chi connectivity index (χ3v) is 4.97. The molecule has 1 unspecified atom stereocenters. The number of para-hydroxylation sites is 2. The second-order valence-corrected chi connectivity index (χ2v) is 6.96. The molecule has 3 aromatic rings. The van der Waals surface area contributed by atoms with Crippen LogP contribution in [0.5, 0.6) is 0 Å². The second-order valence-electron chi connectivity index (χ2n) is 6.96. The molecule has 0 fully saturated rings. The van der Waals surface area contributed by atoms with E-state index in [-0.39, 0.29) is 11.9 Å². The predicted octanol–water partition coefficient (Wildman–Crippen LogP) is 4.49. The average molecular weight is 363 g/mol. The van der Waals surface area contributed by atoms with Crippen LogP contribution in [0.15, 0.2) is 48.5 Å². The lowest BCUT2D eigenvalue weighted by molar-refractivity contribution is -0.116. The van der Waals surface area contributed by atoms with E-state index >= 15 is 0 Å². The number of nitrogens with one attached hydrogen (secondary N) is 2. The number of benzene rings is 2. The van der Waals surface area contributed by atoms with Crippen LogP contribution in [0, 0.1) is 0 Å². The molecule has 2 heterocycles. The number of amides is 1. The second kappa shape index (κ2) is 7.45. The standard InChI is InChI=1S/C22H25N3O2/c1-3-27-12-11-25-19-10-5-4-7-16(19)14-20(25)17-8-6-9-18-22(17)23-15(2)13-21(26)24-18/h4-10,14-15,23H,3,11-13H2,1-2H3,(H,24,26). The van der Waals surface area contributed by atoms with Gasteiger partial charge in [-0.2, -0.15) is 0 Å². The predicted molar refractivity (Wildman–Crippen MR) is 110 cm³/mol. The Morgan fingerprint density at radius 2 is 2.04 bits per heavy atom. The minimum atomic E-state index is 0.0442. The first-order chi connectivity index (χ1) is 13.2. The average Bonchev–Trinajstić information content (AvgIpc) is 2.93. The summed E-state index contributed by atoms with van der Waals surface area (Å²) in [6, 6.07) is 16.8. The number of fused-ring (bicyclic) bond motifs is 2. The van der Waals surface area contributed by atoms with E-state index < -0.39 is 0 Å². The van der Waals surface area contributed by atoms with Gasteiger partial charge in [0.2, 0.25) is 5.91 Å². The molecule has 4 rings (SSSR count). The SMILES string of the molecule is CCOCCn1c(-c2cccc3c2NC(C)CC(=O)N3)cc2ccccc21. The van der Waals surface area contributed by atoms with Crippen molar-refractivity contribution in [3.63, 3.8) is 0 Å². The Kier molecular flexibility index (Phi) is 4.86. The lowest BCUT2D eigenvalue weighted by Crippen LogP contribution is -2.19. The van der Waals surface area contributed by atoms with Gasteiger partial charge in [0.25, 0.3) is 0 Å². The summed E-state index contributed by atoms with van der Waals surface area (Å²) in [6.45, 7) is 6.20. The first-order valence-electron chi connectivity index (χ1n) is 9.53. The number of hydrogen-bond acceptors (Lipinski definition) is 3. The molecule has 0 radical (unpaired) electrons. The number of rotatable bonds is 5. The van der Waals surface area contributed by atoms with E-state index in [2.05, 4.69) is 51.6 Å². The van der Waals surface area contributed by atoms with Gasteiger partial charge >= 0.3 is 0 Å². The fraction of sp³-hybridized carbons (Fsp3) is 0.318. The third-order valence-electron chi connectivity index (χ3n) is 4.97. The van der Waals surface area contributed by atoms with Crippen LogP contribution in [0.1, 0.15) is 20.3 Å². The third kappa shape index (κ3) is 3.43. The summed E-state index contributed by atoms with van der Waals surface area (Å²) in [5.41, 5.74) is 5.23. The van der Waals surface area contributed by atoms with Gasteiger partial charge in [-0.3, -0.25) is 4.79 Å². The first-order valence-corrected chi connectivity index (χ1v) is 9.53. The molecule has 1 amide bonds. The van der Waals surface area contributed by atoms with Gasteiger partial charge in [0, 0.05) is 42.1 Å². The van der Waals surface area contributed by atoms with Crippen molar-refractivity contribution in [3.8, 4) is 11.3 Å². The molecule has 2 N–H and O–H groups in total. The number of carbonyl (C=O) groups is 1. The molecular formula is C22H25N3O2. The maximum Gasteiger partial charge on any atom is 0.226 e. The smallest absolute Gasteiger partial charge is 0.226 e. The van der Waals surface area contributed by atoms with E-state index in [1.165, 1.54) is 10.9 Å². The lowest BCUT2D eigenvalue weighted by atomic mass is 10.1. The number of anilines is 2. The van der Waals surface area contributed by atoms with Crippen LogP contribution < -0.4 is 10.6 Å². The molecule has 5 heteroatoms. The largest absolute Gasteiger partial charge is 0.380 e. The van der Waals surface area contributed by atoms with Crippen molar-refractivity contribution in [2.75, 3.05) is 23.8 Å². The maximum atomic E-state index is 12.1.